The van der Waals surface area contributed by atoms with E-state index in [2.05, 4.69) is 10.6 Å². The first-order valence-electron chi connectivity index (χ1n) is 9.63. The van der Waals surface area contributed by atoms with E-state index >= 15 is 0 Å². The molecule has 0 radical (unpaired) electrons. The summed E-state index contributed by atoms with van der Waals surface area (Å²) in [5, 5.41) is 22.3. The first-order valence-corrected chi connectivity index (χ1v) is 9.63. The van der Waals surface area contributed by atoms with Crippen molar-refractivity contribution in [2.24, 2.45) is 11.5 Å². The van der Waals surface area contributed by atoms with Crippen LogP contribution >= 0.6 is 0 Å². The van der Waals surface area contributed by atoms with Gasteiger partial charge in [-0.2, -0.15) is 0 Å². The first-order chi connectivity index (χ1) is 14.0. The normalized spacial score (nSPS) is 12.4. The number of rotatable bonds is 17. The lowest BCUT2D eigenvalue weighted by molar-refractivity contribution is -0.143. The highest BCUT2D eigenvalue weighted by atomic mass is 16.4. The number of hydrogen-bond acceptors (Lipinski definition) is 6. The minimum Gasteiger partial charge on any atom is -0.480 e. The topological polar surface area (TPSA) is 219 Å². The predicted molar refractivity (Wildman–Crippen MR) is 104 cm³/mol. The van der Waals surface area contributed by atoms with Crippen LogP contribution in [0.2, 0.25) is 0 Å². The van der Waals surface area contributed by atoms with Crippen LogP contribution in [0.25, 0.3) is 0 Å². The van der Waals surface area contributed by atoms with E-state index in [1.807, 2.05) is 0 Å². The fourth-order valence-electron chi connectivity index (χ4n) is 2.61. The number of carboxylic acids is 2. The molecule has 2 atom stereocenters. The summed E-state index contributed by atoms with van der Waals surface area (Å²) in [6.45, 7) is 0. The summed E-state index contributed by atoms with van der Waals surface area (Å²) in [4.78, 5) is 66.9. The molecular formula is C18H30N4O8. The van der Waals surface area contributed by atoms with Crippen molar-refractivity contribution in [3.05, 3.63) is 0 Å². The summed E-state index contributed by atoms with van der Waals surface area (Å²) in [7, 11) is 0. The molecule has 0 heterocycles. The summed E-state index contributed by atoms with van der Waals surface area (Å²) in [5.74, 6) is -5.22. The van der Waals surface area contributed by atoms with Crippen LogP contribution in [0.15, 0.2) is 0 Å². The van der Waals surface area contributed by atoms with Crippen LogP contribution in [0, 0.1) is 0 Å². The molecule has 0 aromatic heterocycles. The average molecular weight is 430 g/mol. The third-order valence-electron chi connectivity index (χ3n) is 4.13. The molecule has 0 aromatic carbocycles. The minimum absolute atomic E-state index is 0.126. The van der Waals surface area contributed by atoms with Crippen molar-refractivity contribution >= 4 is 35.6 Å². The fourth-order valence-corrected chi connectivity index (χ4v) is 2.61. The largest absolute Gasteiger partial charge is 0.480 e. The van der Waals surface area contributed by atoms with E-state index in [9.17, 15) is 28.8 Å². The standard InChI is InChI=1S/C18H30N4O8/c19-13(23)9-11(17(27)28)21-15(25)7-5-3-1-2-4-6-8-16(26)22-12(18(29)30)10-14(20)24/h11-12H,1-10H2,(H2,19,23)(H2,20,24)(H,21,25)(H,22,26)(H,27,28)(H,29,30)/t11-,12-/m0/s1. The number of nitrogens with one attached hydrogen (secondary N) is 2. The van der Waals surface area contributed by atoms with Gasteiger partial charge in [-0.25, -0.2) is 9.59 Å². The number of unbranched alkanes of at least 4 members (excludes halogenated alkanes) is 5. The van der Waals surface area contributed by atoms with Gasteiger partial charge in [0.25, 0.3) is 0 Å². The fraction of sp³-hybridized carbons (Fsp3) is 0.667. The van der Waals surface area contributed by atoms with Crippen molar-refractivity contribution in [3.63, 3.8) is 0 Å². The number of amides is 4. The molecule has 0 spiro atoms. The summed E-state index contributed by atoms with van der Waals surface area (Å²) >= 11 is 0. The maximum atomic E-state index is 11.7. The number of carbonyl (C=O) groups is 6. The Morgan fingerprint density at radius 3 is 1.17 bits per heavy atom. The lowest BCUT2D eigenvalue weighted by Crippen LogP contribution is -2.43. The minimum atomic E-state index is -1.33. The Morgan fingerprint density at radius 2 is 0.900 bits per heavy atom. The first kappa shape index (κ1) is 26.8. The van der Waals surface area contributed by atoms with Crippen molar-refractivity contribution in [2.75, 3.05) is 0 Å². The molecule has 0 fully saturated rings. The maximum Gasteiger partial charge on any atom is 0.326 e. The molecule has 0 unspecified atom stereocenters. The summed E-state index contributed by atoms with van der Waals surface area (Å²) in [5.41, 5.74) is 9.88. The summed E-state index contributed by atoms with van der Waals surface area (Å²) in [6, 6.07) is -2.66. The van der Waals surface area contributed by atoms with Crippen LogP contribution in [0.1, 0.15) is 64.2 Å². The monoisotopic (exact) mass is 430 g/mol. The molecule has 12 nitrogen and oxygen atoms in total. The molecule has 0 aliphatic rings. The van der Waals surface area contributed by atoms with E-state index in [-0.39, 0.29) is 12.8 Å². The molecule has 0 rings (SSSR count). The molecule has 0 saturated carbocycles. The molecule has 0 aliphatic carbocycles. The van der Waals surface area contributed by atoms with Crippen LogP contribution in [-0.4, -0.2) is 57.9 Å². The number of hydrogen-bond donors (Lipinski definition) is 6. The van der Waals surface area contributed by atoms with Gasteiger partial charge in [-0.1, -0.05) is 25.7 Å². The Morgan fingerprint density at radius 1 is 0.600 bits per heavy atom. The van der Waals surface area contributed by atoms with Gasteiger partial charge in [-0.15, -0.1) is 0 Å². The second kappa shape index (κ2) is 14.8. The van der Waals surface area contributed by atoms with E-state index < -0.39 is 60.5 Å². The summed E-state index contributed by atoms with van der Waals surface area (Å²) < 4.78 is 0. The van der Waals surface area contributed by atoms with Crippen LogP contribution in [0.4, 0.5) is 0 Å². The smallest absolute Gasteiger partial charge is 0.326 e. The van der Waals surface area contributed by atoms with Crippen LogP contribution in [0.5, 0.6) is 0 Å². The third-order valence-corrected chi connectivity index (χ3v) is 4.13. The molecule has 12 heteroatoms. The Labute approximate surface area is 173 Å². The zero-order chi connectivity index (χ0) is 23.1. The number of carboxylic acid groups (broad SMARTS) is 2. The highest BCUT2D eigenvalue weighted by Crippen LogP contribution is 2.09. The SMILES string of the molecule is NC(=O)C[C@H](NC(=O)CCCCCCCCC(=O)N[C@@H](CC(N)=O)C(=O)O)C(=O)O. The van der Waals surface area contributed by atoms with Crippen molar-refractivity contribution < 1.29 is 39.0 Å². The van der Waals surface area contributed by atoms with Crippen molar-refractivity contribution in [1.29, 1.82) is 0 Å². The number of aliphatic carboxylic acids is 2. The van der Waals surface area contributed by atoms with E-state index in [4.69, 9.17) is 21.7 Å². The van der Waals surface area contributed by atoms with Gasteiger partial charge in [0.2, 0.25) is 23.6 Å². The quantitative estimate of drug-likeness (QED) is 0.157. The molecule has 0 aromatic rings. The molecule has 0 bridgehead atoms. The van der Waals surface area contributed by atoms with Gasteiger partial charge in [0.1, 0.15) is 12.1 Å². The Balaban J connectivity index is 3.87. The van der Waals surface area contributed by atoms with E-state index in [1.165, 1.54) is 0 Å². The van der Waals surface area contributed by atoms with Gasteiger partial charge in [0, 0.05) is 12.8 Å². The zero-order valence-electron chi connectivity index (χ0n) is 16.7. The zero-order valence-corrected chi connectivity index (χ0v) is 16.7. The maximum absolute atomic E-state index is 11.7. The van der Waals surface area contributed by atoms with Crippen molar-refractivity contribution in [2.45, 2.75) is 76.3 Å². The lowest BCUT2D eigenvalue weighted by atomic mass is 10.1. The van der Waals surface area contributed by atoms with Crippen LogP contribution in [-0.2, 0) is 28.8 Å². The van der Waals surface area contributed by atoms with E-state index in [0.29, 0.717) is 12.8 Å². The predicted octanol–water partition coefficient (Wildman–Crippen LogP) is -1.00. The molecule has 170 valence electrons. The van der Waals surface area contributed by atoms with Gasteiger partial charge in [0.05, 0.1) is 12.8 Å². The van der Waals surface area contributed by atoms with E-state index in [1.54, 1.807) is 0 Å². The Bertz CT molecular complexity index is 584. The number of nitrogens with two attached hydrogens (primary N) is 2. The highest BCUT2D eigenvalue weighted by Gasteiger charge is 2.22. The lowest BCUT2D eigenvalue weighted by Gasteiger charge is -2.13. The average Bonchev–Trinajstić information content (AvgIpc) is 2.61. The highest BCUT2D eigenvalue weighted by molar-refractivity contribution is 5.88. The second-order valence-corrected chi connectivity index (χ2v) is 6.88. The van der Waals surface area contributed by atoms with Crippen LogP contribution in [0.3, 0.4) is 0 Å². The van der Waals surface area contributed by atoms with Gasteiger partial charge in [-0.05, 0) is 12.8 Å². The van der Waals surface area contributed by atoms with Gasteiger partial charge in [-0.3, -0.25) is 19.2 Å². The van der Waals surface area contributed by atoms with Crippen molar-refractivity contribution in [3.8, 4) is 0 Å². The number of primary amides is 2. The van der Waals surface area contributed by atoms with E-state index in [0.717, 1.165) is 25.7 Å². The molecule has 30 heavy (non-hydrogen) atoms. The van der Waals surface area contributed by atoms with Crippen molar-refractivity contribution in [1.82, 2.24) is 10.6 Å². The molecule has 0 aliphatic heterocycles. The van der Waals surface area contributed by atoms with Gasteiger partial charge < -0.3 is 32.3 Å². The number of carbonyl (C=O) groups excluding carboxylic acids is 4. The molecule has 4 amide bonds. The summed E-state index contributed by atoms with van der Waals surface area (Å²) in [6.07, 6.45) is 3.47. The van der Waals surface area contributed by atoms with Crippen LogP contribution < -0.4 is 22.1 Å². The third kappa shape index (κ3) is 13.9. The van der Waals surface area contributed by atoms with Gasteiger partial charge >= 0.3 is 11.9 Å². The van der Waals surface area contributed by atoms with Gasteiger partial charge in [0.15, 0.2) is 0 Å². The molecular weight excluding hydrogens is 400 g/mol. The molecule has 8 N–H and O–H groups in total. The second-order valence-electron chi connectivity index (χ2n) is 6.88. The Hall–Kier alpha value is -3.18. The Kier molecular flexibility index (Phi) is 13.2. The molecule has 0 saturated heterocycles.